The Morgan fingerprint density at radius 2 is 2.12 bits per heavy atom. The Balaban J connectivity index is 2.48. The lowest BCUT2D eigenvalue weighted by atomic mass is 9.80. The largest absolute Gasteiger partial charge is 0.314 e. The lowest BCUT2D eigenvalue weighted by Crippen LogP contribution is -2.35. The first-order valence-corrected chi connectivity index (χ1v) is 5.36. The zero-order valence-electron chi connectivity index (χ0n) is 9.53. The molecule has 2 rings (SSSR count). The van der Waals surface area contributed by atoms with Gasteiger partial charge in [0.1, 0.15) is 0 Å². The van der Waals surface area contributed by atoms with Gasteiger partial charge < -0.3 is 4.90 Å². The van der Waals surface area contributed by atoms with E-state index in [0.717, 1.165) is 11.3 Å². The molecule has 1 atom stereocenters. The average Bonchev–Trinajstić information content (AvgIpc) is 2.51. The minimum absolute atomic E-state index is 0.0870. The van der Waals surface area contributed by atoms with Gasteiger partial charge in [-0.3, -0.25) is 4.79 Å². The number of amides is 1. The van der Waals surface area contributed by atoms with Crippen molar-refractivity contribution in [1.82, 2.24) is 0 Å². The first-order valence-electron chi connectivity index (χ1n) is 5.36. The van der Waals surface area contributed by atoms with Crippen LogP contribution in [0.5, 0.6) is 0 Å². The summed E-state index contributed by atoms with van der Waals surface area (Å²) in [5, 5.41) is 8.67. The summed E-state index contributed by atoms with van der Waals surface area (Å²) in [5.74, 6) is 0.0870. The maximum absolute atomic E-state index is 12.2. The van der Waals surface area contributed by atoms with Gasteiger partial charge in [0.25, 0.3) is 0 Å². The van der Waals surface area contributed by atoms with Crippen LogP contribution in [-0.2, 0) is 10.2 Å². The molecule has 1 aromatic carbocycles. The SMILES string of the molecule is CN1C(=O)[C@@](C)(CCC#N)c2ccccc21. The van der Waals surface area contributed by atoms with E-state index < -0.39 is 5.41 Å². The first kappa shape index (κ1) is 10.7. The van der Waals surface area contributed by atoms with Gasteiger partial charge in [-0.2, -0.15) is 5.26 Å². The van der Waals surface area contributed by atoms with Gasteiger partial charge in [-0.15, -0.1) is 0 Å². The van der Waals surface area contributed by atoms with Crippen LogP contribution in [0.1, 0.15) is 25.3 Å². The Labute approximate surface area is 95.3 Å². The lowest BCUT2D eigenvalue weighted by molar-refractivity contribution is -0.122. The third-order valence-electron chi connectivity index (χ3n) is 3.37. The molecule has 1 heterocycles. The zero-order valence-corrected chi connectivity index (χ0v) is 9.53. The summed E-state index contributed by atoms with van der Waals surface area (Å²) in [6, 6.07) is 9.91. The molecular formula is C13H14N2O. The summed E-state index contributed by atoms with van der Waals surface area (Å²) in [6.07, 6.45) is 0.994. The van der Waals surface area contributed by atoms with E-state index in [4.69, 9.17) is 5.26 Å². The molecule has 82 valence electrons. The van der Waals surface area contributed by atoms with E-state index >= 15 is 0 Å². The number of para-hydroxylation sites is 1. The smallest absolute Gasteiger partial charge is 0.237 e. The standard InChI is InChI=1S/C13H14N2O/c1-13(8-5-9-14)10-6-3-4-7-11(10)15(2)12(13)16/h3-4,6-7H,5,8H2,1-2H3/t13-/m0/s1. The molecule has 1 aliphatic heterocycles. The highest BCUT2D eigenvalue weighted by atomic mass is 16.2. The van der Waals surface area contributed by atoms with Crippen LogP contribution in [0.15, 0.2) is 24.3 Å². The van der Waals surface area contributed by atoms with Crippen LogP contribution in [0, 0.1) is 11.3 Å². The molecule has 1 aliphatic rings. The number of likely N-dealkylation sites (N-methyl/N-ethyl adjacent to an activating group) is 1. The highest BCUT2D eigenvalue weighted by molar-refractivity contribution is 6.07. The number of hydrogen-bond acceptors (Lipinski definition) is 2. The summed E-state index contributed by atoms with van der Waals surface area (Å²) in [7, 11) is 1.79. The molecule has 0 saturated heterocycles. The number of benzene rings is 1. The molecule has 1 aromatic rings. The molecule has 3 heteroatoms. The molecule has 0 radical (unpaired) electrons. The van der Waals surface area contributed by atoms with Crippen molar-refractivity contribution in [2.45, 2.75) is 25.2 Å². The molecule has 0 fully saturated rings. The van der Waals surface area contributed by atoms with Gasteiger partial charge in [0.05, 0.1) is 11.5 Å². The van der Waals surface area contributed by atoms with E-state index in [9.17, 15) is 4.79 Å². The second kappa shape index (κ2) is 3.64. The topological polar surface area (TPSA) is 44.1 Å². The van der Waals surface area contributed by atoms with Crippen molar-refractivity contribution in [3.63, 3.8) is 0 Å². The van der Waals surface area contributed by atoms with Crippen LogP contribution in [0.2, 0.25) is 0 Å². The summed E-state index contributed by atoms with van der Waals surface area (Å²) in [5.41, 5.74) is 1.48. The average molecular weight is 214 g/mol. The van der Waals surface area contributed by atoms with E-state index in [1.807, 2.05) is 31.2 Å². The molecule has 0 saturated carbocycles. The number of carbonyl (C=O) groups is 1. The molecule has 1 amide bonds. The molecular weight excluding hydrogens is 200 g/mol. The Bertz CT molecular complexity index is 475. The second-order valence-electron chi connectivity index (χ2n) is 4.37. The first-order chi connectivity index (χ1) is 7.61. The van der Waals surface area contributed by atoms with Crippen molar-refractivity contribution in [2.75, 3.05) is 11.9 Å². The van der Waals surface area contributed by atoms with Crippen molar-refractivity contribution >= 4 is 11.6 Å². The number of rotatable bonds is 2. The number of fused-ring (bicyclic) bond motifs is 1. The normalized spacial score (nSPS) is 23.1. The molecule has 0 unspecified atom stereocenters. The van der Waals surface area contributed by atoms with Crippen LogP contribution in [0.4, 0.5) is 5.69 Å². The minimum atomic E-state index is -0.527. The van der Waals surface area contributed by atoms with Gasteiger partial charge in [-0.1, -0.05) is 18.2 Å². The maximum atomic E-state index is 12.2. The van der Waals surface area contributed by atoms with E-state index in [1.165, 1.54) is 0 Å². The third-order valence-corrected chi connectivity index (χ3v) is 3.37. The van der Waals surface area contributed by atoms with Crippen LogP contribution in [-0.4, -0.2) is 13.0 Å². The van der Waals surface area contributed by atoms with Crippen molar-refractivity contribution in [3.05, 3.63) is 29.8 Å². The highest BCUT2D eigenvalue weighted by Crippen LogP contribution is 2.43. The third kappa shape index (κ3) is 1.30. The Kier molecular flexibility index (Phi) is 2.43. The summed E-state index contributed by atoms with van der Waals surface area (Å²) in [6.45, 7) is 1.93. The Hall–Kier alpha value is -1.82. The number of anilines is 1. The maximum Gasteiger partial charge on any atom is 0.237 e. The fraction of sp³-hybridized carbons (Fsp3) is 0.385. The number of hydrogen-bond donors (Lipinski definition) is 0. The summed E-state index contributed by atoms with van der Waals surface area (Å²) < 4.78 is 0. The highest BCUT2D eigenvalue weighted by Gasteiger charge is 2.45. The van der Waals surface area contributed by atoms with E-state index in [2.05, 4.69) is 6.07 Å². The van der Waals surface area contributed by atoms with Crippen LogP contribution in [0.3, 0.4) is 0 Å². The second-order valence-corrected chi connectivity index (χ2v) is 4.37. The number of nitriles is 1. The van der Waals surface area contributed by atoms with E-state index in [1.54, 1.807) is 11.9 Å². The van der Waals surface area contributed by atoms with Crippen molar-refractivity contribution in [2.24, 2.45) is 0 Å². The van der Waals surface area contributed by atoms with Gasteiger partial charge in [0.2, 0.25) is 5.91 Å². The van der Waals surface area contributed by atoms with Gasteiger partial charge >= 0.3 is 0 Å². The molecule has 0 aromatic heterocycles. The number of carbonyl (C=O) groups excluding carboxylic acids is 1. The van der Waals surface area contributed by atoms with Gasteiger partial charge in [0.15, 0.2) is 0 Å². The van der Waals surface area contributed by atoms with Crippen LogP contribution < -0.4 is 4.90 Å². The van der Waals surface area contributed by atoms with Crippen molar-refractivity contribution in [3.8, 4) is 6.07 Å². The lowest BCUT2D eigenvalue weighted by Gasteiger charge is -2.21. The molecule has 0 bridgehead atoms. The fourth-order valence-corrected chi connectivity index (χ4v) is 2.37. The van der Waals surface area contributed by atoms with Crippen molar-refractivity contribution < 1.29 is 4.79 Å². The quantitative estimate of drug-likeness (QED) is 0.757. The van der Waals surface area contributed by atoms with Crippen LogP contribution in [0.25, 0.3) is 0 Å². The summed E-state index contributed by atoms with van der Waals surface area (Å²) >= 11 is 0. The van der Waals surface area contributed by atoms with E-state index in [-0.39, 0.29) is 5.91 Å². The van der Waals surface area contributed by atoms with E-state index in [0.29, 0.717) is 12.8 Å². The molecule has 3 nitrogen and oxygen atoms in total. The van der Waals surface area contributed by atoms with Gasteiger partial charge in [0, 0.05) is 19.2 Å². The van der Waals surface area contributed by atoms with Gasteiger partial charge in [-0.25, -0.2) is 0 Å². The zero-order chi connectivity index (χ0) is 11.8. The molecule has 16 heavy (non-hydrogen) atoms. The molecule has 0 N–H and O–H groups in total. The van der Waals surface area contributed by atoms with Crippen LogP contribution >= 0.6 is 0 Å². The minimum Gasteiger partial charge on any atom is -0.314 e. The molecule has 0 spiro atoms. The predicted octanol–water partition coefficient (Wildman–Crippen LogP) is 2.22. The monoisotopic (exact) mass is 214 g/mol. The summed E-state index contributed by atoms with van der Waals surface area (Å²) in [4.78, 5) is 13.9. The Morgan fingerprint density at radius 3 is 2.81 bits per heavy atom. The predicted molar refractivity (Wildman–Crippen MR) is 62.1 cm³/mol. The molecule has 0 aliphatic carbocycles. The van der Waals surface area contributed by atoms with Gasteiger partial charge in [-0.05, 0) is 25.0 Å². The van der Waals surface area contributed by atoms with Crippen molar-refractivity contribution in [1.29, 1.82) is 5.26 Å². The number of nitrogens with zero attached hydrogens (tertiary/aromatic N) is 2. The fourth-order valence-electron chi connectivity index (χ4n) is 2.37. The Morgan fingerprint density at radius 1 is 1.44 bits per heavy atom.